The third kappa shape index (κ3) is 3.60. The van der Waals surface area contributed by atoms with Gasteiger partial charge in [0.05, 0.1) is 0 Å². The topological polar surface area (TPSA) is 49.6 Å². The molecule has 1 unspecified atom stereocenters. The van der Waals surface area contributed by atoms with Crippen molar-refractivity contribution in [3.63, 3.8) is 0 Å². The van der Waals surface area contributed by atoms with Crippen molar-refractivity contribution in [3.05, 3.63) is 35.1 Å². The molecule has 1 aliphatic rings. The third-order valence-corrected chi connectivity index (χ3v) is 4.28. The van der Waals surface area contributed by atoms with Crippen LogP contribution >= 0.6 is 0 Å². The number of hydrogen-bond donors (Lipinski definition) is 1. The van der Waals surface area contributed by atoms with Crippen molar-refractivity contribution >= 4 is 5.91 Å². The van der Waals surface area contributed by atoms with Crippen LogP contribution in [0.3, 0.4) is 0 Å². The zero-order chi connectivity index (χ0) is 15.4. The Morgan fingerprint density at radius 2 is 2.00 bits per heavy atom. The molecular formula is C16H24FN3O. The van der Waals surface area contributed by atoms with Crippen molar-refractivity contribution < 1.29 is 9.18 Å². The Balaban J connectivity index is 2.00. The van der Waals surface area contributed by atoms with E-state index in [9.17, 15) is 9.18 Å². The summed E-state index contributed by atoms with van der Waals surface area (Å²) in [6.07, 6.45) is 1.03. The van der Waals surface area contributed by atoms with Crippen molar-refractivity contribution in [3.8, 4) is 0 Å². The minimum absolute atomic E-state index is 0.00653. The van der Waals surface area contributed by atoms with E-state index in [1.807, 2.05) is 4.90 Å². The van der Waals surface area contributed by atoms with Crippen LogP contribution in [0.25, 0.3) is 0 Å². The van der Waals surface area contributed by atoms with Gasteiger partial charge in [-0.1, -0.05) is 6.92 Å². The van der Waals surface area contributed by atoms with E-state index in [1.54, 1.807) is 13.0 Å². The Kier molecular flexibility index (Phi) is 5.31. The zero-order valence-corrected chi connectivity index (χ0v) is 12.8. The van der Waals surface area contributed by atoms with Gasteiger partial charge in [0.25, 0.3) is 5.91 Å². The molecule has 1 fully saturated rings. The number of rotatable bonds is 4. The molecule has 116 valence electrons. The third-order valence-electron chi connectivity index (χ3n) is 4.28. The first kappa shape index (κ1) is 15.9. The van der Waals surface area contributed by atoms with Crippen LogP contribution in [0.2, 0.25) is 0 Å². The molecule has 4 nitrogen and oxygen atoms in total. The fraction of sp³-hybridized carbons (Fsp3) is 0.562. The van der Waals surface area contributed by atoms with Crippen LogP contribution in [0, 0.1) is 12.7 Å². The van der Waals surface area contributed by atoms with Gasteiger partial charge in [-0.15, -0.1) is 0 Å². The van der Waals surface area contributed by atoms with Crippen LogP contribution in [0.4, 0.5) is 4.39 Å². The lowest BCUT2D eigenvalue weighted by Gasteiger charge is -2.38. The standard InChI is InChI=1S/C16H24FN3O/c1-3-14(11-18)19-6-8-20(9-7-19)16(21)15-5-4-13(17)10-12(15)2/h4-5,10,14H,3,6-9,11,18H2,1-2H3. The lowest BCUT2D eigenvalue weighted by Crippen LogP contribution is -2.53. The highest BCUT2D eigenvalue weighted by Gasteiger charge is 2.25. The van der Waals surface area contributed by atoms with Crippen molar-refractivity contribution in [2.45, 2.75) is 26.3 Å². The van der Waals surface area contributed by atoms with E-state index < -0.39 is 0 Å². The molecule has 1 aromatic rings. The van der Waals surface area contributed by atoms with Crippen molar-refractivity contribution in [1.82, 2.24) is 9.80 Å². The number of halogens is 1. The predicted molar refractivity (Wildman–Crippen MR) is 81.7 cm³/mol. The molecule has 0 bridgehead atoms. The predicted octanol–water partition coefficient (Wildman–Crippen LogP) is 1.63. The zero-order valence-electron chi connectivity index (χ0n) is 12.8. The van der Waals surface area contributed by atoms with Crippen molar-refractivity contribution in [2.75, 3.05) is 32.7 Å². The lowest BCUT2D eigenvalue weighted by molar-refractivity contribution is 0.0571. The summed E-state index contributed by atoms with van der Waals surface area (Å²) in [6, 6.07) is 4.73. The first-order valence-corrected chi connectivity index (χ1v) is 7.56. The van der Waals surface area contributed by atoms with Gasteiger partial charge in [0, 0.05) is 44.3 Å². The van der Waals surface area contributed by atoms with Crippen LogP contribution in [0.1, 0.15) is 29.3 Å². The first-order valence-electron chi connectivity index (χ1n) is 7.56. The number of amides is 1. The van der Waals surface area contributed by atoms with E-state index in [-0.39, 0.29) is 11.7 Å². The Hall–Kier alpha value is -1.46. The minimum atomic E-state index is -0.303. The van der Waals surface area contributed by atoms with E-state index in [0.29, 0.717) is 36.8 Å². The molecule has 1 saturated heterocycles. The van der Waals surface area contributed by atoms with Crippen molar-refractivity contribution in [2.24, 2.45) is 5.73 Å². The van der Waals surface area contributed by atoms with Gasteiger partial charge < -0.3 is 10.6 Å². The van der Waals surface area contributed by atoms with Crippen LogP contribution < -0.4 is 5.73 Å². The first-order chi connectivity index (χ1) is 10.1. The molecule has 2 rings (SSSR count). The smallest absolute Gasteiger partial charge is 0.254 e. The molecule has 1 heterocycles. The second-order valence-electron chi connectivity index (χ2n) is 5.59. The fourth-order valence-electron chi connectivity index (χ4n) is 2.90. The summed E-state index contributed by atoms with van der Waals surface area (Å²) >= 11 is 0. The minimum Gasteiger partial charge on any atom is -0.336 e. The van der Waals surface area contributed by atoms with Gasteiger partial charge in [-0.2, -0.15) is 0 Å². The van der Waals surface area contributed by atoms with E-state index in [0.717, 1.165) is 19.5 Å². The molecule has 1 aliphatic heterocycles. The molecule has 0 spiro atoms. The highest BCUT2D eigenvalue weighted by Crippen LogP contribution is 2.15. The summed E-state index contributed by atoms with van der Waals surface area (Å²) in [5.41, 5.74) is 7.06. The number of carbonyl (C=O) groups is 1. The maximum Gasteiger partial charge on any atom is 0.254 e. The highest BCUT2D eigenvalue weighted by molar-refractivity contribution is 5.95. The number of aryl methyl sites for hydroxylation is 1. The molecule has 1 amide bonds. The van der Waals surface area contributed by atoms with Gasteiger partial charge in [-0.25, -0.2) is 4.39 Å². The quantitative estimate of drug-likeness (QED) is 0.918. The van der Waals surface area contributed by atoms with E-state index in [1.165, 1.54) is 12.1 Å². The van der Waals surface area contributed by atoms with E-state index >= 15 is 0 Å². The SMILES string of the molecule is CCC(CN)N1CCN(C(=O)c2ccc(F)cc2C)CC1. The normalized spacial score (nSPS) is 17.8. The van der Waals surface area contributed by atoms with Crippen molar-refractivity contribution in [1.29, 1.82) is 0 Å². The second-order valence-corrected chi connectivity index (χ2v) is 5.59. The molecule has 0 aliphatic carbocycles. The van der Waals surface area contributed by atoms with Gasteiger partial charge >= 0.3 is 0 Å². The molecule has 0 saturated carbocycles. The van der Waals surface area contributed by atoms with Gasteiger partial charge in [0.1, 0.15) is 5.82 Å². The summed E-state index contributed by atoms with van der Waals surface area (Å²) in [7, 11) is 0. The van der Waals surface area contributed by atoms with Crippen LogP contribution in [0.5, 0.6) is 0 Å². The largest absolute Gasteiger partial charge is 0.336 e. The van der Waals surface area contributed by atoms with Gasteiger partial charge in [0.2, 0.25) is 0 Å². The number of piperazine rings is 1. The number of nitrogens with zero attached hydrogens (tertiary/aromatic N) is 2. The Morgan fingerprint density at radius 1 is 1.33 bits per heavy atom. The molecule has 0 radical (unpaired) electrons. The Bertz CT molecular complexity index is 494. The Morgan fingerprint density at radius 3 is 2.52 bits per heavy atom. The van der Waals surface area contributed by atoms with E-state index in [2.05, 4.69) is 11.8 Å². The average Bonchev–Trinajstić information content (AvgIpc) is 2.48. The maximum absolute atomic E-state index is 13.1. The summed E-state index contributed by atoms with van der Waals surface area (Å²) in [6.45, 7) is 7.66. The van der Waals surface area contributed by atoms with Crippen LogP contribution in [0.15, 0.2) is 18.2 Å². The summed E-state index contributed by atoms with van der Waals surface area (Å²) < 4.78 is 13.1. The van der Waals surface area contributed by atoms with E-state index in [4.69, 9.17) is 5.73 Å². The highest BCUT2D eigenvalue weighted by atomic mass is 19.1. The molecule has 21 heavy (non-hydrogen) atoms. The summed E-state index contributed by atoms with van der Waals surface area (Å²) in [4.78, 5) is 16.7. The average molecular weight is 293 g/mol. The maximum atomic E-state index is 13.1. The number of nitrogens with two attached hydrogens (primary N) is 1. The summed E-state index contributed by atoms with van der Waals surface area (Å²) in [5.74, 6) is -0.310. The Labute approximate surface area is 125 Å². The number of carbonyl (C=O) groups excluding carboxylic acids is 1. The molecular weight excluding hydrogens is 269 g/mol. The lowest BCUT2D eigenvalue weighted by atomic mass is 10.1. The van der Waals surface area contributed by atoms with Crippen LogP contribution in [-0.4, -0.2) is 54.5 Å². The van der Waals surface area contributed by atoms with Gasteiger partial charge in [0.15, 0.2) is 0 Å². The van der Waals surface area contributed by atoms with Crippen LogP contribution in [-0.2, 0) is 0 Å². The molecule has 1 aromatic carbocycles. The fourth-order valence-corrected chi connectivity index (χ4v) is 2.90. The van der Waals surface area contributed by atoms with Gasteiger partial charge in [-0.3, -0.25) is 9.69 Å². The molecule has 0 aromatic heterocycles. The molecule has 1 atom stereocenters. The molecule has 5 heteroatoms. The monoisotopic (exact) mass is 293 g/mol. The summed E-state index contributed by atoms with van der Waals surface area (Å²) in [5, 5.41) is 0. The van der Waals surface area contributed by atoms with Gasteiger partial charge in [-0.05, 0) is 37.1 Å². The second kappa shape index (κ2) is 7.00. The number of hydrogen-bond acceptors (Lipinski definition) is 3. The number of benzene rings is 1. The molecule has 2 N–H and O–H groups in total.